The highest BCUT2D eigenvalue weighted by Gasteiger charge is 2.22. The highest BCUT2D eigenvalue weighted by Crippen LogP contribution is 2.19. The van der Waals surface area contributed by atoms with Crippen LogP contribution in [0, 0.1) is 17.2 Å². The van der Waals surface area contributed by atoms with Crippen LogP contribution in [0.3, 0.4) is 0 Å². The van der Waals surface area contributed by atoms with Crippen molar-refractivity contribution in [2.45, 2.75) is 19.8 Å². The summed E-state index contributed by atoms with van der Waals surface area (Å²) >= 11 is 0. The Hall–Kier alpha value is -2.48. The Morgan fingerprint density at radius 1 is 1.45 bits per heavy atom. The molecule has 0 unspecified atom stereocenters. The van der Waals surface area contributed by atoms with Crippen LogP contribution in [0.15, 0.2) is 36.0 Å². The Bertz CT molecular complexity index is 596. The first-order valence-corrected chi connectivity index (χ1v) is 7.44. The zero-order valence-electron chi connectivity index (χ0n) is 13.0. The molecule has 1 aromatic rings. The average Bonchev–Trinajstić information content (AvgIpc) is 2.56. The van der Waals surface area contributed by atoms with Gasteiger partial charge in [0.15, 0.2) is 0 Å². The second kappa shape index (κ2) is 7.51. The Morgan fingerprint density at radius 2 is 2.18 bits per heavy atom. The van der Waals surface area contributed by atoms with E-state index in [9.17, 15) is 10.1 Å². The molecule has 1 heterocycles. The molecule has 0 saturated carbocycles. The number of likely N-dealkylation sites (tertiary alicyclic amines) is 1. The van der Waals surface area contributed by atoms with Crippen LogP contribution in [0.1, 0.15) is 19.8 Å². The third kappa shape index (κ3) is 4.01. The summed E-state index contributed by atoms with van der Waals surface area (Å²) in [5.74, 6) is 1.16. The van der Waals surface area contributed by atoms with Crippen molar-refractivity contribution in [2.24, 2.45) is 5.92 Å². The summed E-state index contributed by atoms with van der Waals surface area (Å²) in [5, 5.41) is 12.2. The standard InChI is InChI=1S/C17H21N3O2/c1-13-6-8-20(9-7-13)17(21)14(11-18)12-19-15-4-3-5-16(10-15)22-2/h3-5,10,12-13,19H,6-9H2,1-2H3/b14-12-. The molecule has 0 spiro atoms. The maximum atomic E-state index is 12.4. The van der Waals surface area contributed by atoms with Gasteiger partial charge in [-0.15, -0.1) is 0 Å². The molecule has 1 fully saturated rings. The molecule has 22 heavy (non-hydrogen) atoms. The first kappa shape index (κ1) is 15.9. The van der Waals surface area contributed by atoms with Crippen LogP contribution in [0.4, 0.5) is 5.69 Å². The zero-order valence-corrected chi connectivity index (χ0v) is 13.0. The van der Waals surface area contributed by atoms with E-state index in [0.29, 0.717) is 11.7 Å². The molecule has 1 aliphatic rings. The number of nitriles is 1. The summed E-state index contributed by atoms with van der Waals surface area (Å²) in [6.45, 7) is 3.63. The first-order chi connectivity index (χ1) is 10.6. The van der Waals surface area contributed by atoms with E-state index >= 15 is 0 Å². The number of piperidine rings is 1. The Balaban J connectivity index is 2.04. The number of rotatable bonds is 4. The number of ether oxygens (including phenoxy) is 1. The van der Waals surface area contributed by atoms with Crippen molar-refractivity contribution in [2.75, 3.05) is 25.5 Å². The number of benzene rings is 1. The van der Waals surface area contributed by atoms with Gasteiger partial charge >= 0.3 is 0 Å². The molecule has 5 heteroatoms. The van der Waals surface area contributed by atoms with Gasteiger partial charge in [0, 0.05) is 31.0 Å². The third-order valence-corrected chi connectivity index (χ3v) is 3.87. The Kier molecular flexibility index (Phi) is 5.42. The molecule has 1 aromatic carbocycles. The molecule has 0 aliphatic carbocycles. The van der Waals surface area contributed by atoms with Crippen LogP contribution in [0.2, 0.25) is 0 Å². The molecule has 2 rings (SSSR count). The fourth-order valence-electron chi connectivity index (χ4n) is 2.39. The minimum atomic E-state index is -0.204. The number of anilines is 1. The van der Waals surface area contributed by atoms with E-state index in [0.717, 1.165) is 31.6 Å². The van der Waals surface area contributed by atoms with Crippen molar-refractivity contribution < 1.29 is 9.53 Å². The second-order valence-electron chi connectivity index (χ2n) is 5.52. The molecular formula is C17H21N3O2. The van der Waals surface area contributed by atoms with Gasteiger partial charge in [0.05, 0.1) is 7.11 Å². The number of nitrogens with zero attached hydrogens (tertiary/aromatic N) is 2. The molecule has 1 N–H and O–H groups in total. The number of nitrogens with one attached hydrogen (secondary N) is 1. The Morgan fingerprint density at radius 3 is 2.82 bits per heavy atom. The van der Waals surface area contributed by atoms with E-state index in [1.807, 2.05) is 24.3 Å². The third-order valence-electron chi connectivity index (χ3n) is 3.87. The van der Waals surface area contributed by atoms with E-state index in [2.05, 4.69) is 12.2 Å². The number of amides is 1. The van der Waals surface area contributed by atoms with Crippen molar-refractivity contribution in [1.82, 2.24) is 4.90 Å². The SMILES string of the molecule is COc1cccc(N/C=C(/C#N)C(=O)N2CCC(C)CC2)c1. The monoisotopic (exact) mass is 299 g/mol. The fraction of sp³-hybridized carbons (Fsp3) is 0.412. The quantitative estimate of drug-likeness (QED) is 0.686. The van der Waals surface area contributed by atoms with Crippen LogP contribution in [-0.4, -0.2) is 31.0 Å². The molecule has 0 atom stereocenters. The van der Waals surface area contributed by atoms with E-state index in [1.165, 1.54) is 6.20 Å². The minimum Gasteiger partial charge on any atom is -0.497 e. The van der Waals surface area contributed by atoms with Gasteiger partial charge in [-0.3, -0.25) is 4.79 Å². The number of carbonyl (C=O) groups excluding carboxylic acids is 1. The predicted octanol–water partition coefficient (Wildman–Crippen LogP) is 2.77. The fourth-order valence-corrected chi connectivity index (χ4v) is 2.39. The van der Waals surface area contributed by atoms with Gasteiger partial charge in [-0.25, -0.2) is 0 Å². The minimum absolute atomic E-state index is 0.123. The van der Waals surface area contributed by atoms with Crippen LogP contribution >= 0.6 is 0 Å². The maximum Gasteiger partial charge on any atom is 0.266 e. The van der Waals surface area contributed by atoms with E-state index in [-0.39, 0.29) is 11.5 Å². The van der Waals surface area contributed by atoms with E-state index in [4.69, 9.17) is 4.74 Å². The van der Waals surface area contributed by atoms with Crippen molar-refractivity contribution in [3.8, 4) is 11.8 Å². The van der Waals surface area contributed by atoms with Gasteiger partial charge in [-0.05, 0) is 30.9 Å². The predicted molar refractivity (Wildman–Crippen MR) is 85.3 cm³/mol. The average molecular weight is 299 g/mol. The van der Waals surface area contributed by atoms with Gasteiger partial charge in [0.1, 0.15) is 17.4 Å². The summed E-state index contributed by atoms with van der Waals surface area (Å²) < 4.78 is 5.14. The van der Waals surface area contributed by atoms with Crippen LogP contribution in [0.25, 0.3) is 0 Å². The smallest absolute Gasteiger partial charge is 0.266 e. The van der Waals surface area contributed by atoms with Crippen molar-refractivity contribution >= 4 is 11.6 Å². The number of methoxy groups -OCH3 is 1. The number of carbonyl (C=O) groups is 1. The molecule has 0 bridgehead atoms. The maximum absolute atomic E-state index is 12.4. The molecule has 0 radical (unpaired) electrons. The molecule has 5 nitrogen and oxygen atoms in total. The van der Waals surface area contributed by atoms with Crippen molar-refractivity contribution in [3.63, 3.8) is 0 Å². The van der Waals surface area contributed by atoms with Crippen LogP contribution in [0.5, 0.6) is 5.75 Å². The lowest BCUT2D eigenvalue weighted by Gasteiger charge is -2.30. The second-order valence-corrected chi connectivity index (χ2v) is 5.52. The molecule has 0 aromatic heterocycles. The zero-order chi connectivity index (χ0) is 15.9. The largest absolute Gasteiger partial charge is 0.497 e. The number of hydrogen-bond acceptors (Lipinski definition) is 4. The lowest BCUT2D eigenvalue weighted by molar-refractivity contribution is -0.128. The Labute approximate surface area is 131 Å². The molecule has 1 amide bonds. The molecular weight excluding hydrogens is 278 g/mol. The van der Waals surface area contributed by atoms with E-state index < -0.39 is 0 Å². The van der Waals surface area contributed by atoms with Gasteiger partial charge in [0.2, 0.25) is 0 Å². The van der Waals surface area contributed by atoms with Crippen LogP contribution < -0.4 is 10.1 Å². The summed E-state index contributed by atoms with van der Waals surface area (Å²) in [6.07, 6.45) is 3.46. The van der Waals surface area contributed by atoms with Crippen molar-refractivity contribution in [3.05, 3.63) is 36.0 Å². The van der Waals surface area contributed by atoms with Crippen molar-refractivity contribution in [1.29, 1.82) is 5.26 Å². The lowest BCUT2D eigenvalue weighted by Crippen LogP contribution is -2.38. The molecule has 116 valence electrons. The summed E-state index contributed by atoms with van der Waals surface area (Å²) in [6, 6.07) is 9.31. The molecule has 1 saturated heterocycles. The summed E-state index contributed by atoms with van der Waals surface area (Å²) in [7, 11) is 1.59. The normalized spacial score (nSPS) is 16.0. The van der Waals surface area contributed by atoms with Gasteiger partial charge in [0.25, 0.3) is 5.91 Å². The molecule has 1 aliphatic heterocycles. The van der Waals surface area contributed by atoms with Gasteiger partial charge < -0.3 is 15.0 Å². The highest BCUT2D eigenvalue weighted by atomic mass is 16.5. The summed E-state index contributed by atoms with van der Waals surface area (Å²) in [4.78, 5) is 14.1. The summed E-state index contributed by atoms with van der Waals surface area (Å²) in [5.41, 5.74) is 0.893. The highest BCUT2D eigenvalue weighted by molar-refractivity contribution is 5.97. The first-order valence-electron chi connectivity index (χ1n) is 7.44. The van der Waals surface area contributed by atoms with Crippen LogP contribution in [-0.2, 0) is 4.79 Å². The lowest BCUT2D eigenvalue weighted by atomic mass is 9.99. The van der Waals surface area contributed by atoms with Gasteiger partial charge in [-0.1, -0.05) is 13.0 Å². The van der Waals surface area contributed by atoms with Gasteiger partial charge in [-0.2, -0.15) is 5.26 Å². The van der Waals surface area contributed by atoms with E-state index in [1.54, 1.807) is 18.1 Å². The topological polar surface area (TPSA) is 65.4 Å². The number of hydrogen-bond donors (Lipinski definition) is 1.